The monoisotopic (exact) mass is 237 g/mol. The molecular weight excluding hydrogens is 225 g/mol. The molecule has 0 aromatic heterocycles. The Kier molecular flexibility index (Phi) is 4.48. The molecule has 6 heteroatoms. The number of hydrogen-bond acceptors (Lipinski definition) is 3. The first kappa shape index (κ1) is 13.0. The SMILES string of the molecule is CC(C)COC(=O)c1ccc(F)c(N=[N+]=[N-])c1. The molecule has 0 aliphatic rings. The topological polar surface area (TPSA) is 75.1 Å². The summed E-state index contributed by atoms with van der Waals surface area (Å²) < 4.78 is 18.1. The van der Waals surface area contributed by atoms with Gasteiger partial charge < -0.3 is 4.74 Å². The van der Waals surface area contributed by atoms with Crippen molar-refractivity contribution in [2.75, 3.05) is 6.61 Å². The van der Waals surface area contributed by atoms with Crippen LogP contribution in [0.2, 0.25) is 0 Å². The number of azide groups is 1. The van der Waals surface area contributed by atoms with Crippen molar-refractivity contribution in [3.05, 3.63) is 40.0 Å². The second-order valence-electron chi connectivity index (χ2n) is 3.85. The molecule has 0 aliphatic heterocycles. The molecule has 0 unspecified atom stereocenters. The Morgan fingerprint density at radius 1 is 1.59 bits per heavy atom. The summed E-state index contributed by atoms with van der Waals surface area (Å²) in [7, 11) is 0. The van der Waals surface area contributed by atoms with Gasteiger partial charge in [0.1, 0.15) is 5.82 Å². The van der Waals surface area contributed by atoms with Gasteiger partial charge in [0.2, 0.25) is 0 Å². The molecule has 0 saturated carbocycles. The predicted octanol–water partition coefficient (Wildman–Crippen LogP) is 3.58. The van der Waals surface area contributed by atoms with Crippen molar-refractivity contribution in [3.8, 4) is 0 Å². The molecule has 1 rings (SSSR count). The third-order valence-electron chi connectivity index (χ3n) is 1.88. The summed E-state index contributed by atoms with van der Waals surface area (Å²) in [5, 5.41) is 3.14. The van der Waals surface area contributed by atoms with E-state index in [1.165, 1.54) is 6.07 Å². The van der Waals surface area contributed by atoms with E-state index in [0.29, 0.717) is 0 Å². The smallest absolute Gasteiger partial charge is 0.338 e. The average molecular weight is 237 g/mol. The molecule has 0 aliphatic carbocycles. The number of carbonyl (C=O) groups excluding carboxylic acids is 1. The maximum Gasteiger partial charge on any atom is 0.338 e. The van der Waals surface area contributed by atoms with Crippen molar-refractivity contribution >= 4 is 11.7 Å². The predicted molar refractivity (Wildman–Crippen MR) is 60.3 cm³/mol. The van der Waals surface area contributed by atoms with Gasteiger partial charge >= 0.3 is 5.97 Å². The van der Waals surface area contributed by atoms with Gasteiger partial charge in [-0.3, -0.25) is 0 Å². The minimum Gasteiger partial charge on any atom is -0.462 e. The maximum absolute atomic E-state index is 13.1. The Morgan fingerprint density at radius 3 is 2.88 bits per heavy atom. The van der Waals surface area contributed by atoms with Crippen molar-refractivity contribution in [2.24, 2.45) is 11.0 Å². The lowest BCUT2D eigenvalue weighted by atomic mass is 10.2. The van der Waals surface area contributed by atoms with Crippen LogP contribution in [0.1, 0.15) is 24.2 Å². The van der Waals surface area contributed by atoms with Crippen molar-refractivity contribution < 1.29 is 13.9 Å². The molecule has 0 N–H and O–H groups in total. The third kappa shape index (κ3) is 3.77. The molecular formula is C11H12FN3O2. The molecule has 0 heterocycles. The highest BCUT2D eigenvalue weighted by Crippen LogP contribution is 2.20. The number of carbonyl (C=O) groups is 1. The van der Waals surface area contributed by atoms with Crippen LogP contribution in [0.4, 0.5) is 10.1 Å². The molecule has 0 fully saturated rings. The van der Waals surface area contributed by atoms with Gasteiger partial charge in [-0.2, -0.15) is 0 Å². The standard InChI is InChI=1S/C11H12FN3O2/c1-7(2)6-17-11(16)8-3-4-9(12)10(5-8)14-15-13/h3-5,7H,6H2,1-2H3. The number of rotatable bonds is 4. The summed E-state index contributed by atoms with van der Waals surface area (Å²) in [5.74, 6) is -1.02. The summed E-state index contributed by atoms with van der Waals surface area (Å²) in [6.45, 7) is 4.10. The Morgan fingerprint density at radius 2 is 2.29 bits per heavy atom. The van der Waals surface area contributed by atoms with Gasteiger partial charge in [0.05, 0.1) is 17.9 Å². The van der Waals surface area contributed by atoms with Crippen LogP contribution in [-0.2, 0) is 4.74 Å². The number of hydrogen-bond donors (Lipinski definition) is 0. The van der Waals surface area contributed by atoms with Gasteiger partial charge in [-0.05, 0) is 29.6 Å². The van der Waals surface area contributed by atoms with Crippen molar-refractivity contribution in [1.82, 2.24) is 0 Å². The van der Waals surface area contributed by atoms with E-state index in [1.807, 2.05) is 13.8 Å². The van der Waals surface area contributed by atoms with Crippen LogP contribution in [-0.4, -0.2) is 12.6 Å². The zero-order chi connectivity index (χ0) is 12.8. The summed E-state index contributed by atoms with van der Waals surface area (Å²) in [4.78, 5) is 14.0. The molecule has 0 atom stereocenters. The zero-order valence-corrected chi connectivity index (χ0v) is 9.55. The van der Waals surface area contributed by atoms with Gasteiger partial charge in [0.25, 0.3) is 0 Å². The summed E-state index contributed by atoms with van der Waals surface area (Å²) in [5.41, 5.74) is 8.17. The van der Waals surface area contributed by atoms with Crippen molar-refractivity contribution in [3.63, 3.8) is 0 Å². The summed E-state index contributed by atoms with van der Waals surface area (Å²) in [6.07, 6.45) is 0. The highest BCUT2D eigenvalue weighted by molar-refractivity contribution is 5.90. The lowest BCUT2D eigenvalue weighted by Gasteiger charge is -2.07. The second kappa shape index (κ2) is 5.86. The molecule has 0 saturated heterocycles. The first-order chi connectivity index (χ1) is 8.04. The quantitative estimate of drug-likeness (QED) is 0.347. The number of halogens is 1. The van der Waals surface area contributed by atoms with Gasteiger partial charge in [0.15, 0.2) is 0 Å². The van der Waals surface area contributed by atoms with Crippen molar-refractivity contribution in [1.29, 1.82) is 0 Å². The Labute approximate surface area is 97.8 Å². The molecule has 5 nitrogen and oxygen atoms in total. The van der Waals surface area contributed by atoms with E-state index in [0.717, 1.165) is 12.1 Å². The lowest BCUT2D eigenvalue weighted by Crippen LogP contribution is -2.10. The Balaban J connectivity index is 2.88. The fourth-order valence-corrected chi connectivity index (χ4v) is 1.09. The minimum absolute atomic E-state index is 0.162. The largest absolute Gasteiger partial charge is 0.462 e. The third-order valence-corrected chi connectivity index (χ3v) is 1.88. The molecule has 1 aromatic rings. The van der Waals surface area contributed by atoms with E-state index in [9.17, 15) is 9.18 Å². The lowest BCUT2D eigenvalue weighted by molar-refractivity contribution is 0.0459. The molecule has 0 bridgehead atoms. The van der Waals surface area contributed by atoms with E-state index >= 15 is 0 Å². The Bertz CT molecular complexity index is 468. The maximum atomic E-state index is 13.1. The first-order valence-electron chi connectivity index (χ1n) is 5.06. The Hall–Kier alpha value is -2.07. The molecule has 1 aromatic carbocycles. The average Bonchev–Trinajstić information content (AvgIpc) is 2.29. The fourth-order valence-electron chi connectivity index (χ4n) is 1.09. The molecule has 90 valence electrons. The van der Waals surface area contributed by atoms with E-state index < -0.39 is 11.8 Å². The van der Waals surface area contributed by atoms with Crippen LogP contribution in [0.15, 0.2) is 23.3 Å². The van der Waals surface area contributed by atoms with Crippen LogP contribution < -0.4 is 0 Å². The van der Waals surface area contributed by atoms with Gasteiger partial charge in [-0.15, -0.1) is 0 Å². The van der Waals surface area contributed by atoms with Gasteiger partial charge in [-0.1, -0.05) is 19.0 Å². The van der Waals surface area contributed by atoms with Crippen LogP contribution in [0.5, 0.6) is 0 Å². The van der Waals surface area contributed by atoms with E-state index in [1.54, 1.807) is 0 Å². The van der Waals surface area contributed by atoms with Gasteiger partial charge in [0, 0.05) is 4.91 Å². The number of esters is 1. The van der Waals surface area contributed by atoms with E-state index in [2.05, 4.69) is 10.0 Å². The van der Waals surface area contributed by atoms with Gasteiger partial charge in [-0.25, -0.2) is 9.18 Å². The number of ether oxygens (including phenoxy) is 1. The van der Waals surface area contributed by atoms with Crippen LogP contribution in [0.3, 0.4) is 0 Å². The second-order valence-corrected chi connectivity index (χ2v) is 3.85. The number of benzene rings is 1. The highest BCUT2D eigenvalue weighted by atomic mass is 19.1. The van der Waals surface area contributed by atoms with Crippen LogP contribution in [0.25, 0.3) is 10.4 Å². The first-order valence-corrected chi connectivity index (χ1v) is 5.06. The normalized spacial score (nSPS) is 9.88. The molecule has 17 heavy (non-hydrogen) atoms. The fraction of sp³-hybridized carbons (Fsp3) is 0.364. The molecule has 0 radical (unpaired) electrons. The summed E-state index contributed by atoms with van der Waals surface area (Å²) in [6, 6.07) is 3.52. The zero-order valence-electron chi connectivity index (χ0n) is 9.55. The van der Waals surface area contributed by atoms with Crippen LogP contribution >= 0.6 is 0 Å². The van der Waals surface area contributed by atoms with Crippen LogP contribution in [0, 0.1) is 11.7 Å². The molecule has 0 amide bonds. The molecule has 0 spiro atoms. The minimum atomic E-state index is -0.678. The van der Waals surface area contributed by atoms with E-state index in [-0.39, 0.29) is 23.8 Å². The van der Waals surface area contributed by atoms with Crippen molar-refractivity contribution in [2.45, 2.75) is 13.8 Å². The highest BCUT2D eigenvalue weighted by Gasteiger charge is 2.10. The van der Waals surface area contributed by atoms with E-state index in [4.69, 9.17) is 10.3 Å². The number of nitrogens with zero attached hydrogens (tertiary/aromatic N) is 3. The summed E-state index contributed by atoms with van der Waals surface area (Å²) >= 11 is 0.